The van der Waals surface area contributed by atoms with Gasteiger partial charge in [0.1, 0.15) is 0 Å². The molecule has 4 aromatic rings. The van der Waals surface area contributed by atoms with E-state index in [1.54, 1.807) is 36.2 Å². The Hall–Kier alpha value is -3.85. The normalized spacial score (nSPS) is 14.0. The van der Waals surface area contributed by atoms with Crippen molar-refractivity contribution in [3.8, 4) is 0 Å². The average molecular weight is 493 g/mol. The number of hydrogen-bond acceptors (Lipinski definition) is 5. The molecule has 1 fully saturated rings. The van der Waals surface area contributed by atoms with E-state index in [0.717, 1.165) is 10.1 Å². The van der Waals surface area contributed by atoms with Gasteiger partial charge in [0.15, 0.2) is 11.2 Å². The van der Waals surface area contributed by atoms with Gasteiger partial charge < -0.3 is 9.80 Å². The second-order valence-corrected chi connectivity index (χ2v) is 9.09. The predicted molar refractivity (Wildman–Crippen MR) is 135 cm³/mol. The summed E-state index contributed by atoms with van der Waals surface area (Å²) in [5.74, 6) is 0.540. The summed E-state index contributed by atoms with van der Waals surface area (Å²) in [7, 11) is 3.10. The first-order chi connectivity index (χ1) is 16.8. The molecule has 0 aliphatic carbocycles. The summed E-state index contributed by atoms with van der Waals surface area (Å²) >= 11 is 6.06. The number of imidazole rings is 1. The molecule has 35 heavy (non-hydrogen) atoms. The van der Waals surface area contributed by atoms with Gasteiger partial charge >= 0.3 is 5.69 Å². The number of piperazine rings is 1. The molecular weight excluding hydrogens is 468 g/mol. The van der Waals surface area contributed by atoms with E-state index in [1.807, 2.05) is 34.9 Å². The summed E-state index contributed by atoms with van der Waals surface area (Å²) in [6.07, 6.45) is 0. The van der Waals surface area contributed by atoms with Crippen LogP contribution in [0.4, 0.5) is 5.95 Å². The van der Waals surface area contributed by atoms with Gasteiger partial charge in [-0.25, -0.2) is 4.79 Å². The number of halogens is 1. The Morgan fingerprint density at radius 3 is 2.34 bits per heavy atom. The van der Waals surface area contributed by atoms with Gasteiger partial charge in [-0.15, -0.1) is 0 Å². The summed E-state index contributed by atoms with van der Waals surface area (Å²) in [4.78, 5) is 47.2. The van der Waals surface area contributed by atoms with Crippen LogP contribution in [0.25, 0.3) is 11.2 Å². The maximum Gasteiger partial charge on any atom is 0.332 e. The number of fused-ring (bicyclic) bond motifs is 1. The van der Waals surface area contributed by atoms with Crippen LogP contribution in [0.3, 0.4) is 0 Å². The number of benzene rings is 2. The van der Waals surface area contributed by atoms with Crippen LogP contribution >= 0.6 is 11.6 Å². The second-order valence-electron chi connectivity index (χ2n) is 8.65. The maximum atomic E-state index is 13.1. The summed E-state index contributed by atoms with van der Waals surface area (Å²) < 4.78 is 4.39. The molecule has 0 radical (unpaired) electrons. The van der Waals surface area contributed by atoms with Crippen molar-refractivity contribution in [1.82, 2.24) is 23.6 Å². The van der Waals surface area contributed by atoms with Gasteiger partial charge in [0, 0.05) is 50.9 Å². The highest BCUT2D eigenvalue weighted by molar-refractivity contribution is 6.30. The molecule has 0 bridgehead atoms. The Morgan fingerprint density at radius 2 is 1.66 bits per heavy atom. The molecule has 1 amide bonds. The van der Waals surface area contributed by atoms with Crippen molar-refractivity contribution in [2.24, 2.45) is 14.1 Å². The third kappa shape index (κ3) is 4.12. The van der Waals surface area contributed by atoms with E-state index in [0.29, 0.717) is 60.4 Å². The van der Waals surface area contributed by atoms with Crippen LogP contribution in [0.1, 0.15) is 15.9 Å². The Morgan fingerprint density at radius 1 is 0.943 bits per heavy atom. The van der Waals surface area contributed by atoms with E-state index >= 15 is 0 Å². The Kier molecular flexibility index (Phi) is 5.94. The van der Waals surface area contributed by atoms with Gasteiger partial charge in [-0.2, -0.15) is 4.98 Å². The fourth-order valence-corrected chi connectivity index (χ4v) is 4.70. The lowest BCUT2D eigenvalue weighted by Gasteiger charge is -2.35. The van der Waals surface area contributed by atoms with E-state index < -0.39 is 5.69 Å². The van der Waals surface area contributed by atoms with Gasteiger partial charge in [-0.1, -0.05) is 48.0 Å². The number of carbonyl (C=O) groups excluding carboxylic acids is 1. The first kappa shape index (κ1) is 22.9. The highest BCUT2D eigenvalue weighted by Gasteiger charge is 2.27. The van der Waals surface area contributed by atoms with E-state index in [1.165, 1.54) is 11.6 Å². The molecule has 2 aromatic carbocycles. The zero-order chi connectivity index (χ0) is 24.7. The van der Waals surface area contributed by atoms with Crippen LogP contribution in [-0.4, -0.2) is 55.7 Å². The molecule has 0 N–H and O–H groups in total. The lowest BCUT2D eigenvalue weighted by atomic mass is 10.2. The van der Waals surface area contributed by atoms with Crippen LogP contribution in [0, 0.1) is 0 Å². The zero-order valence-corrected chi connectivity index (χ0v) is 20.3. The molecule has 5 rings (SSSR count). The summed E-state index contributed by atoms with van der Waals surface area (Å²) in [6.45, 7) is 2.51. The van der Waals surface area contributed by atoms with Gasteiger partial charge in [0.2, 0.25) is 5.95 Å². The molecular formula is C25H25ClN6O3. The number of nitrogens with zero attached hydrogens (tertiary/aromatic N) is 6. The number of aryl methyl sites for hydroxylation is 1. The van der Waals surface area contributed by atoms with Crippen LogP contribution in [0.5, 0.6) is 0 Å². The molecule has 1 aliphatic heterocycles. The van der Waals surface area contributed by atoms with Crippen molar-refractivity contribution in [2.75, 3.05) is 31.1 Å². The van der Waals surface area contributed by atoms with Crippen LogP contribution in [-0.2, 0) is 20.6 Å². The number of carbonyl (C=O) groups is 1. The average Bonchev–Trinajstić information content (AvgIpc) is 3.25. The van der Waals surface area contributed by atoms with E-state index in [-0.39, 0.29) is 11.5 Å². The van der Waals surface area contributed by atoms with E-state index in [2.05, 4.69) is 4.90 Å². The molecule has 2 aromatic heterocycles. The predicted octanol–water partition coefficient (Wildman–Crippen LogP) is 2.10. The number of rotatable bonds is 4. The quantitative estimate of drug-likeness (QED) is 0.435. The Bertz CT molecular complexity index is 1530. The fraction of sp³-hybridized carbons (Fsp3) is 0.280. The number of anilines is 1. The minimum absolute atomic E-state index is 0.0683. The molecule has 180 valence electrons. The van der Waals surface area contributed by atoms with Gasteiger partial charge in [-0.05, 0) is 23.8 Å². The standard InChI is InChI=1S/C25H25ClN6O3/c1-28-21-20(23(34)29(2)25(28)35)32(16-17-7-4-3-5-8-17)24(27-21)31-13-11-30(12-14-31)22(33)18-9-6-10-19(26)15-18/h3-10,15H,11-14,16H2,1-2H3. The topological polar surface area (TPSA) is 85.4 Å². The van der Waals surface area contributed by atoms with Gasteiger partial charge in [0.05, 0.1) is 6.54 Å². The fourth-order valence-electron chi connectivity index (χ4n) is 4.51. The summed E-state index contributed by atoms with van der Waals surface area (Å²) in [5, 5.41) is 0.524. The van der Waals surface area contributed by atoms with E-state index in [9.17, 15) is 14.4 Å². The number of amides is 1. The number of hydrogen-bond donors (Lipinski definition) is 0. The molecule has 1 saturated heterocycles. The molecule has 9 nitrogen and oxygen atoms in total. The Labute approximate surface area is 206 Å². The highest BCUT2D eigenvalue weighted by Crippen LogP contribution is 2.23. The third-order valence-electron chi connectivity index (χ3n) is 6.43. The van der Waals surface area contributed by atoms with Crippen molar-refractivity contribution in [3.63, 3.8) is 0 Å². The third-order valence-corrected chi connectivity index (χ3v) is 6.67. The molecule has 0 spiro atoms. The largest absolute Gasteiger partial charge is 0.339 e. The monoisotopic (exact) mass is 492 g/mol. The minimum Gasteiger partial charge on any atom is -0.339 e. The van der Waals surface area contributed by atoms with Crippen molar-refractivity contribution in [3.05, 3.63) is 91.6 Å². The second kappa shape index (κ2) is 9.07. The molecule has 0 saturated carbocycles. The first-order valence-electron chi connectivity index (χ1n) is 11.3. The SMILES string of the molecule is Cn1c(=O)c2c(nc(N3CCN(C(=O)c4cccc(Cl)c4)CC3)n2Cc2ccccc2)n(C)c1=O. The van der Waals surface area contributed by atoms with Crippen molar-refractivity contribution in [1.29, 1.82) is 0 Å². The van der Waals surface area contributed by atoms with Crippen LogP contribution in [0.15, 0.2) is 64.2 Å². The van der Waals surface area contributed by atoms with E-state index in [4.69, 9.17) is 16.6 Å². The van der Waals surface area contributed by atoms with Crippen LogP contribution < -0.4 is 16.1 Å². The summed E-state index contributed by atoms with van der Waals surface area (Å²) in [5.41, 5.74) is 1.50. The highest BCUT2D eigenvalue weighted by atomic mass is 35.5. The van der Waals surface area contributed by atoms with Crippen molar-refractivity contribution >= 4 is 34.6 Å². The van der Waals surface area contributed by atoms with Gasteiger partial charge in [-0.3, -0.25) is 23.3 Å². The lowest BCUT2D eigenvalue weighted by Crippen LogP contribution is -2.49. The minimum atomic E-state index is -0.421. The zero-order valence-electron chi connectivity index (χ0n) is 19.5. The molecule has 3 heterocycles. The lowest BCUT2D eigenvalue weighted by molar-refractivity contribution is 0.0746. The van der Waals surface area contributed by atoms with Crippen molar-refractivity contribution < 1.29 is 4.79 Å². The maximum absolute atomic E-state index is 13.1. The number of aromatic nitrogens is 4. The van der Waals surface area contributed by atoms with Crippen LogP contribution in [0.2, 0.25) is 5.02 Å². The molecule has 0 unspecified atom stereocenters. The van der Waals surface area contributed by atoms with Gasteiger partial charge in [0.25, 0.3) is 11.5 Å². The first-order valence-corrected chi connectivity index (χ1v) is 11.7. The molecule has 1 aliphatic rings. The molecule has 10 heteroatoms. The molecule has 0 atom stereocenters. The Balaban J connectivity index is 1.50. The summed E-state index contributed by atoms with van der Waals surface area (Å²) in [6, 6.07) is 16.8. The van der Waals surface area contributed by atoms with Crippen molar-refractivity contribution in [2.45, 2.75) is 6.54 Å². The smallest absolute Gasteiger partial charge is 0.332 e.